The van der Waals surface area contributed by atoms with E-state index in [-0.39, 0.29) is 18.4 Å². The van der Waals surface area contributed by atoms with E-state index in [0.717, 1.165) is 10.4 Å². The van der Waals surface area contributed by atoms with Crippen molar-refractivity contribution in [2.45, 2.75) is 19.4 Å². The maximum atomic E-state index is 11.5. The summed E-state index contributed by atoms with van der Waals surface area (Å²) in [7, 11) is 0. The van der Waals surface area contributed by atoms with Crippen molar-refractivity contribution in [3.05, 3.63) is 21.9 Å². The number of likely N-dealkylation sites (tertiary alicyclic amines) is 1. The molecule has 0 unspecified atom stereocenters. The second-order valence-corrected chi connectivity index (χ2v) is 4.59. The average molecular weight is 249 g/mol. The van der Waals surface area contributed by atoms with Crippen LogP contribution in [-0.2, 0) is 16.1 Å². The summed E-state index contributed by atoms with van der Waals surface area (Å²) in [6.45, 7) is 0.0988. The summed E-state index contributed by atoms with van der Waals surface area (Å²) in [5.41, 5.74) is 0.775. The van der Waals surface area contributed by atoms with E-state index < -0.39 is 0 Å². The van der Waals surface area contributed by atoms with Crippen LogP contribution in [0, 0.1) is 11.8 Å². The lowest BCUT2D eigenvalue weighted by Crippen LogP contribution is -2.28. The highest BCUT2D eigenvalue weighted by Gasteiger charge is 2.29. The van der Waals surface area contributed by atoms with Crippen LogP contribution in [-0.4, -0.2) is 28.4 Å². The van der Waals surface area contributed by atoms with Crippen LogP contribution in [0.1, 0.15) is 23.3 Å². The zero-order valence-corrected chi connectivity index (χ0v) is 9.92. The minimum absolute atomic E-state index is 0.121. The second kappa shape index (κ2) is 5.13. The Bertz CT molecular complexity index is 493. The van der Waals surface area contributed by atoms with Gasteiger partial charge in [-0.3, -0.25) is 14.5 Å². The lowest BCUT2D eigenvalue weighted by Gasteiger charge is -2.12. The molecule has 0 spiro atoms. The summed E-state index contributed by atoms with van der Waals surface area (Å²) in [6.07, 6.45) is 0.615. The predicted molar refractivity (Wildman–Crippen MR) is 63.1 cm³/mol. The smallest absolute Gasteiger partial charge is 0.230 e. The number of carbonyl (C=O) groups is 2. The van der Waals surface area contributed by atoms with Crippen LogP contribution in [0.2, 0.25) is 0 Å². The van der Waals surface area contributed by atoms with Crippen molar-refractivity contribution in [2.75, 3.05) is 6.61 Å². The molecule has 5 heteroatoms. The number of hydrogen-bond acceptors (Lipinski definition) is 4. The molecule has 0 bridgehead atoms. The minimum atomic E-state index is -0.198. The fourth-order valence-electron chi connectivity index (χ4n) is 1.65. The summed E-state index contributed by atoms with van der Waals surface area (Å²) in [5.74, 6) is 5.13. The van der Waals surface area contributed by atoms with Gasteiger partial charge in [-0.25, -0.2) is 0 Å². The summed E-state index contributed by atoms with van der Waals surface area (Å²) in [6, 6.07) is 1.83. The Morgan fingerprint density at radius 1 is 1.35 bits per heavy atom. The Kier molecular flexibility index (Phi) is 3.57. The van der Waals surface area contributed by atoms with Crippen LogP contribution >= 0.6 is 11.3 Å². The third-order valence-corrected chi connectivity index (χ3v) is 3.41. The van der Waals surface area contributed by atoms with Crippen LogP contribution in [0.25, 0.3) is 0 Å². The Labute approximate surface area is 103 Å². The molecular weight excluding hydrogens is 238 g/mol. The molecule has 2 heterocycles. The SMILES string of the molecule is O=C1CCC(=O)N1Cc1sccc1C#CCO. The number of rotatable bonds is 2. The summed E-state index contributed by atoms with van der Waals surface area (Å²) in [4.78, 5) is 25.1. The molecule has 0 atom stereocenters. The van der Waals surface area contributed by atoms with E-state index in [2.05, 4.69) is 11.8 Å². The number of imide groups is 1. The van der Waals surface area contributed by atoms with Gasteiger partial charge in [-0.2, -0.15) is 0 Å². The van der Waals surface area contributed by atoms with E-state index in [1.807, 2.05) is 11.4 Å². The van der Waals surface area contributed by atoms with E-state index >= 15 is 0 Å². The molecular formula is C12H11NO3S. The molecule has 1 aliphatic heterocycles. The summed E-state index contributed by atoms with van der Waals surface area (Å²) < 4.78 is 0. The number of carbonyl (C=O) groups excluding carboxylic acids is 2. The van der Waals surface area contributed by atoms with Crippen LogP contribution in [0.5, 0.6) is 0 Å². The third kappa shape index (κ3) is 2.54. The maximum Gasteiger partial charge on any atom is 0.230 e. The van der Waals surface area contributed by atoms with Crippen molar-refractivity contribution in [1.29, 1.82) is 0 Å². The zero-order chi connectivity index (χ0) is 12.3. The van der Waals surface area contributed by atoms with Crippen molar-refractivity contribution >= 4 is 23.2 Å². The lowest BCUT2D eigenvalue weighted by atomic mass is 10.2. The van der Waals surface area contributed by atoms with Crippen molar-refractivity contribution in [1.82, 2.24) is 4.90 Å². The van der Waals surface area contributed by atoms with Gasteiger partial charge >= 0.3 is 0 Å². The van der Waals surface area contributed by atoms with Gasteiger partial charge in [0.15, 0.2) is 0 Å². The summed E-state index contributed by atoms with van der Waals surface area (Å²) >= 11 is 1.46. The first-order valence-electron chi connectivity index (χ1n) is 5.21. The van der Waals surface area contributed by atoms with Crippen LogP contribution < -0.4 is 0 Å². The van der Waals surface area contributed by atoms with Crippen LogP contribution in [0.3, 0.4) is 0 Å². The Hall–Kier alpha value is -1.64. The van der Waals surface area contributed by atoms with Gasteiger partial charge in [0.05, 0.1) is 6.54 Å². The standard InChI is InChI=1S/C12H11NO3S/c14-6-1-2-9-5-7-17-10(9)8-13-11(15)3-4-12(13)16/h5,7,14H,3-4,6,8H2. The second-order valence-electron chi connectivity index (χ2n) is 3.59. The Balaban J connectivity index is 2.16. The minimum Gasteiger partial charge on any atom is -0.384 e. The summed E-state index contributed by atoms with van der Waals surface area (Å²) in [5, 5.41) is 10.5. The van der Waals surface area contributed by atoms with Crippen molar-refractivity contribution < 1.29 is 14.7 Å². The first-order chi connectivity index (χ1) is 8.22. The average Bonchev–Trinajstić information content (AvgIpc) is 2.88. The highest BCUT2D eigenvalue weighted by Crippen LogP contribution is 2.22. The van der Waals surface area contributed by atoms with Gasteiger partial charge in [-0.1, -0.05) is 11.8 Å². The number of aliphatic hydroxyl groups excluding tert-OH is 1. The molecule has 0 radical (unpaired) electrons. The molecule has 0 saturated carbocycles. The van der Waals surface area contributed by atoms with Crippen LogP contribution in [0.15, 0.2) is 11.4 Å². The molecule has 1 aliphatic rings. The fourth-order valence-corrected chi connectivity index (χ4v) is 2.47. The van der Waals surface area contributed by atoms with Crippen LogP contribution in [0.4, 0.5) is 0 Å². The number of thiophene rings is 1. The van der Waals surface area contributed by atoms with E-state index in [9.17, 15) is 9.59 Å². The largest absolute Gasteiger partial charge is 0.384 e. The lowest BCUT2D eigenvalue weighted by molar-refractivity contribution is -0.138. The van der Waals surface area contributed by atoms with Crippen molar-refractivity contribution in [3.63, 3.8) is 0 Å². The Morgan fingerprint density at radius 3 is 2.71 bits per heavy atom. The zero-order valence-electron chi connectivity index (χ0n) is 9.10. The topological polar surface area (TPSA) is 57.6 Å². The van der Waals surface area contributed by atoms with Gasteiger partial charge < -0.3 is 5.11 Å². The number of hydrogen-bond donors (Lipinski definition) is 1. The fraction of sp³-hybridized carbons (Fsp3) is 0.333. The van der Waals surface area contributed by atoms with E-state index in [4.69, 9.17) is 5.11 Å². The monoisotopic (exact) mass is 249 g/mol. The maximum absolute atomic E-state index is 11.5. The number of amides is 2. The van der Waals surface area contributed by atoms with Crippen molar-refractivity contribution in [2.24, 2.45) is 0 Å². The highest BCUT2D eigenvalue weighted by molar-refractivity contribution is 7.10. The van der Waals surface area contributed by atoms with E-state index in [1.54, 1.807) is 0 Å². The quantitative estimate of drug-likeness (QED) is 0.621. The predicted octanol–water partition coefficient (Wildman–Crippen LogP) is 0.741. The van der Waals surface area contributed by atoms with E-state index in [0.29, 0.717) is 19.4 Å². The van der Waals surface area contributed by atoms with Gasteiger partial charge in [0, 0.05) is 23.3 Å². The molecule has 17 heavy (non-hydrogen) atoms. The first kappa shape index (κ1) is 11.8. The third-order valence-electron chi connectivity index (χ3n) is 2.50. The van der Waals surface area contributed by atoms with Gasteiger partial charge in [-0.05, 0) is 11.4 Å². The normalized spacial score (nSPS) is 15.0. The molecule has 1 saturated heterocycles. The Morgan fingerprint density at radius 2 is 2.06 bits per heavy atom. The number of nitrogens with zero attached hydrogens (tertiary/aromatic N) is 1. The van der Waals surface area contributed by atoms with E-state index in [1.165, 1.54) is 16.2 Å². The molecule has 0 aromatic carbocycles. The van der Waals surface area contributed by atoms with Crippen molar-refractivity contribution in [3.8, 4) is 11.8 Å². The molecule has 1 N–H and O–H groups in total. The first-order valence-corrected chi connectivity index (χ1v) is 6.09. The molecule has 1 aromatic heterocycles. The van der Waals surface area contributed by atoms with Gasteiger partial charge in [-0.15, -0.1) is 11.3 Å². The van der Waals surface area contributed by atoms with Gasteiger partial charge in [0.1, 0.15) is 6.61 Å². The molecule has 1 aromatic rings. The molecule has 1 fully saturated rings. The molecule has 4 nitrogen and oxygen atoms in total. The molecule has 2 rings (SSSR count). The molecule has 88 valence electrons. The molecule has 2 amide bonds. The van der Waals surface area contributed by atoms with Gasteiger partial charge in [0.25, 0.3) is 0 Å². The molecule has 0 aliphatic carbocycles. The number of aliphatic hydroxyl groups is 1. The van der Waals surface area contributed by atoms with Gasteiger partial charge in [0.2, 0.25) is 11.8 Å². The highest BCUT2D eigenvalue weighted by atomic mass is 32.1.